The minimum absolute atomic E-state index is 0.143. The number of amides is 3. The summed E-state index contributed by atoms with van der Waals surface area (Å²) in [6.45, 7) is 12.3. The van der Waals surface area contributed by atoms with Crippen molar-refractivity contribution in [2.45, 2.75) is 91.4 Å². The third-order valence-corrected chi connectivity index (χ3v) is 9.11. The van der Waals surface area contributed by atoms with Crippen LogP contribution in [0.25, 0.3) is 5.69 Å². The Kier molecular flexibility index (Phi) is 8.76. The maximum Gasteiger partial charge on any atom is 0.324 e. The molecule has 7 nitrogen and oxygen atoms in total. The van der Waals surface area contributed by atoms with Crippen LogP contribution in [0.15, 0.2) is 54.6 Å². The van der Waals surface area contributed by atoms with E-state index < -0.39 is 0 Å². The molecule has 1 aliphatic carbocycles. The Morgan fingerprint density at radius 3 is 2.19 bits per heavy atom. The van der Waals surface area contributed by atoms with Gasteiger partial charge in [-0.25, -0.2) is 9.48 Å². The molecule has 0 bridgehead atoms. The molecule has 2 heterocycles. The Bertz CT molecular complexity index is 1370. The van der Waals surface area contributed by atoms with Gasteiger partial charge in [0.05, 0.1) is 11.4 Å². The molecule has 1 saturated heterocycles. The topological polar surface area (TPSA) is 79.3 Å². The number of benzene rings is 2. The molecule has 1 aromatic heterocycles. The van der Waals surface area contributed by atoms with Crippen molar-refractivity contribution in [3.63, 3.8) is 0 Å². The highest BCUT2D eigenvalue weighted by atomic mass is 16.2. The normalized spacial score (nSPS) is 17.6. The third-order valence-electron chi connectivity index (χ3n) is 9.11. The Morgan fingerprint density at radius 2 is 1.57 bits per heavy atom. The summed E-state index contributed by atoms with van der Waals surface area (Å²) < 4.78 is 1.79. The summed E-state index contributed by atoms with van der Waals surface area (Å²) in [5, 5.41) is 10.8. The summed E-state index contributed by atoms with van der Waals surface area (Å²) in [7, 11) is 0. The lowest BCUT2D eigenvalue weighted by atomic mass is 9.74. The lowest BCUT2D eigenvalue weighted by molar-refractivity contribution is -0.144. The zero-order chi connectivity index (χ0) is 29.9. The van der Waals surface area contributed by atoms with Gasteiger partial charge in [0, 0.05) is 35.7 Å². The molecular weight excluding hydrogens is 522 g/mol. The molecule has 224 valence electrons. The first-order chi connectivity index (χ1) is 20.0. The second kappa shape index (κ2) is 12.3. The zero-order valence-corrected chi connectivity index (χ0v) is 26.0. The van der Waals surface area contributed by atoms with Crippen LogP contribution in [0.2, 0.25) is 0 Å². The number of carbonyl (C=O) groups excluding carboxylic acids is 2. The number of carbonyl (C=O) groups is 2. The highest BCUT2D eigenvalue weighted by Crippen LogP contribution is 2.38. The molecule has 3 amide bonds. The van der Waals surface area contributed by atoms with E-state index >= 15 is 0 Å². The largest absolute Gasteiger partial charge is 0.342 e. The Labute approximate surface area is 251 Å². The number of aryl methyl sites for hydroxylation is 1. The van der Waals surface area contributed by atoms with Crippen LogP contribution in [0.5, 0.6) is 0 Å². The van der Waals surface area contributed by atoms with Crippen molar-refractivity contribution < 1.29 is 9.59 Å². The number of piperidine rings is 1. The number of nitrogens with one attached hydrogen (secondary N) is 2. The SMILES string of the molecule is Cc1ccc(-n2nc(C(C)(C)C)cc2NC(=O)Nc2ccc(CC3CCN(C(=O)C4(C)CCCCC4)CC3)cc2)cc1. The smallest absolute Gasteiger partial charge is 0.324 e. The summed E-state index contributed by atoms with van der Waals surface area (Å²) in [6.07, 6.45) is 8.81. The van der Waals surface area contributed by atoms with Crippen LogP contribution < -0.4 is 10.6 Å². The molecule has 0 spiro atoms. The fourth-order valence-electron chi connectivity index (χ4n) is 6.32. The van der Waals surface area contributed by atoms with Gasteiger partial charge < -0.3 is 10.2 Å². The second-order valence-electron chi connectivity index (χ2n) is 13.7. The lowest BCUT2D eigenvalue weighted by Crippen LogP contribution is -2.47. The fraction of sp³-hybridized carbons (Fsp3) is 0.514. The van der Waals surface area contributed by atoms with Gasteiger partial charge in [-0.1, -0.05) is 76.8 Å². The average molecular weight is 570 g/mol. The van der Waals surface area contributed by atoms with Gasteiger partial charge in [-0.15, -0.1) is 0 Å². The minimum Gasteiger partial charge on any atom is -0.342 e. The van der Waals surface area contributed by atoms with Gasteiger partial charge in [0.15, 0.2) is 0 Å². The molecule has 2 N–H and O–H groups in total. The van der Waals surface area contributed by atoms with Crippen molar-refractivity contribution in [2.75, 3.05) is 23.7 Å². The number of likely N-dealkylation sites (tertiary alicyclic amines) is 1. The lowest BCUT2D eigenvalue weighted by Gasteiger charge is -2.40. The van der Waals surface area contributed by atoms with Crippen LogP contribution in [0.1, 0.15) is 89.5 Å². The van der Waals surface area contributed by atoms with E-state index in [4.69, 9.17) is 5.10 Å². The molecule has 42 heavy (non-hydrogen) atoms. The van der Waals surface area contributed by atoms with Crippen molar-refractivity contribution >= 4 is 23.4 Å². The average Bonchev–Trinajstić information content (AvgIpc) is 3.39. The predicted octanol–water partition coefficient (Wildman–Crippen LogP) is 7.87. The van der Waals surface area contributed by atoms with Crippen molar-refractivity contribution in [3.05, 3.63) is 71.4 Å². The van der Waals surface area contributed by atoms with Gasteiger partial charge in [-0.3, -0.25) is 10.1 Å². The first kappa shape index (κ1) is 29.9. The van der Waals surface area contributed by atoms with Crippen LogP contribution in [-0.4, -0.2) is 39.7 Å². The van der Waals surface area contributed by atoms with Crippen molar-refractivity contribution in [1.29, 1.82) is 0 Å². The monoisotopic (exact) mass is 569 g/mol. The maximum absolute atomic E-state index is 13.2. The molecule has 2 aliphatic rings. The Morgan fingerprint density at radius 1 is 0.929 bits per heavy atom. The Hall–Kier alpha value is -3.61. The van der Waals surface area contributed by atoms with E-state index in [9.17, 15) is 9.59 Å². The highest BCUT2D eigenvalue weighted by Gasteiger charge is 2.38. The summed E-state index contributed by atoms with van der Waals surface area (Å²) in [6, 6.07) is 17.9. The van der Waals surface area contributed by atoms with E-state index in [1.807, 2.05) is 42.5 Å². The van der Waals surface area contributed by atoms with E-state index in [1.54, 1.807) is 4.68 Å². The highest BCUT2D eigenvalue weighted by molar-refractivity contribution is 5.99. The van der Waals surface area contributed by atoms with Crippen LogP contribution in [0.4, 0.5) is 16.3 Å². The van der Waals surface area contributed by atoms with Crippen LogP contribution >= 0.6 is 0 Å². The van der Waals surface area contributed by atoms with Gasteiger partial charge in [0.25, 0.3) is 0 Å². The molecule has 1 saturated carbocycles. The molecule has 7 heteroatoms. The van der Waals surface area contributed by atoms with Crippen LogP contribution in [-0.2, 0) is 16.6 Å². The number of anilines is 2. The minimum atomic E-state index is -0.305. The molecule has 0 radical (unpaired) electrons. The zero-order valence-electron chi connectivity index (χ0n) is 26.0. The predicted molar refractivity (Wildman–Crippen MR) is 170 cm³/mol. The van der Waals surface area contributed by atoms with Crippen molar-refractivity contribution in [1.82, 2.24) is 14.7 Å². The molecular formula is C35H47N5O2. The number of urea groups is 1. The maximum atomic E-state index is 13.2. The van der Waals surface area contributed by atoms with E-state index in [0.717, 1.165) is 62.3 Å². The number of hydrogen-bond acceptors (Lipinski definition) is 3. The summed E-state index contributed by atoms with van der Waals surface area (Å²) in [5.74, 6) is 1.58. The van der Waals surface area contributed by atoms with Crippen molar-refractivity contribution in [3.8, 4) is 5.69 Å². The van der Waals surface area contributed by atoms with Crippen molar-refractivity contribution in [2.24, 2.45) is 11.3 Å². The quantitative estimate of drug-likeness (QED) is 0.317. The molecule has 1 aliphatic heterocycles. The summed E-state index contributed by atoms with van der Waals surface area (Å²) in [4.78, 5) is 28.3. The number of nitrogens with zero attached hydrogens (tertiary/aromatic N) is 3. The third kappa shape index (κ3) is 7.05. The molecule has 5 rings (SSSR count). The van der Waals surface area contributed by atoms with E-state index in [2.05, 4.69) is 62.3 Å². The van der Waals surface area contributed by atoms with E-state index in [1.165, 1.54) is 30.4 Å². The van der Waals surface area contributed by atoms with Gasteiger partial charge in [0.2, 0.25) is 5.91 Å². The summed E-state index contributed by atoms with van der Waals surface area (Å²) in [5.41, 5.74) is 4.68. The van der Waals surface area contributed by atoms with Crippen LogP contribution in [0, 0.1) is 18.3 Å². The molecule has 0 atom stereocenters. The molecule has 0 unspecified atom stereocenters. The van der Waals surface area contributed by atoms with Gasteiger partial charge in [-0.2, -0.15) is 5.10 Å². The standard InChI is InChI=1S/C35H47N5O2/c1-25-9-15-29(16-10-25)40-31(24-30(38-40)34(2,3)4)37-33(42)36-28-13-11-26(12-14-28)23-27-17-21-39(22-18-27)32(41)35(5)19-7-6-8-20-35/h9-16,24,27H,6-8,17-23H2,1-5H3,(H2,36,37,42). The Balaban J connectivity index is 1.15. The van der Waals surface area contributed by atoms with Gasteiger partial charge >= 0.3 is 6.03 Å². The second-order valence-corrected chi connectivity index (χ2v) is 13.7. The molecule has 2 fully saturated rings. The number of hydrogen-bond donors (Lipinski definition) is 2. The van der Waals surface area contributed by atoms with Gasteiger partial charge in [0.1, 0.15) is 5.82 Å². The number of aromatic nitrogens is 2. The van der Waals surface area contributed by atoms with E-state index in [-0.39, 0.29) is 16.9 Å². The van der Waals surface area contributed by atoms with Gasteiger partial charge in [-0.05, 0) is 74.8 Å². The first-order valence-corrected chi connectivity index (χ1v) is 15.6. The van der Waals surface area contributed by atoms with Crippen LogP contribution in [0.3, 0.4) is 0 Å². The molecule has 2 aromatic carbocycles. The fourth-order valence-corrected chi connectivity index (χ4v) is 6.32. The first-order valence-electron chi connectivity index (χ1n) is 15.6. The van der Waals surface area contributed by atoms with E-state index in [0.29, 0.717) is 17.6 Å². The molecule has 3 aromatic rings. The number of rotatable bonds is 6. The summed E-state index contributed by atoms with van der Waals surface area (Å²) >= 11 is 0.